The van der Waals surface area contributed by atoms with Crippen molar-refractivity contribution in [1.29, 1.82) is 0 Å². The number of nitrogens with zero attached hydrogens (tertiary/aromatic N) is 1. The van der Waals surface area contributed by atoms with E-state index in [2.05, 4.69) is 5.32 Å². The fourth-order valence-electron chi connectivity index (χ4n) is 2.79. The molecule has 2 aromatic rings. The Labute approximate surface area is 156 Å². The number of anilines is 2. The molecule has 0 unspecified atom stereocenters. The van der Waals surface area contributed by atoms with Crippen LogP contribution in [0, 0.1) is 18.7 Å². The van der Waals surface area contributed by atoms with Crippen LogP contribution in [0.15, 0.2) is 42.5 Å². The smallest absolute Gasteiger partial charge is 0.238 e. The summed E-state index contributed by atoms with van der Waals surface area (Å²) in [5, 5.41) is 2.54. The maximum atomic E-state index is 14.4. The molecule has 1 aliphatic heterocycles. The predicted molar refractivity (Wildman–Crippen MR) is 104 cm³/mol. The van der Waals surface area contributed by atoms with Crippen molar-refractivity contribution in [3.63, 3.8) is 0 Å². The fourth-order valence-corrected chi connectivity index (χ4v) is 3.95. The quantitative estimate of drug-likeness (QED) is 0.859. The summed E-state index contributed by atoms with van der Waals surface area (Å²) in [6, 6.07) is 12.1. The summed E-state index contributed by atoms with van der Waals surface area (Å²) in [5.74, 6) is -0.444. The SMILES string of the molecule is Cc1ccc(F)c(N2C(=O)CS[C@@H]2c2cccc(NC(=O)C(C)C)c2)c1. The van der Waals surface area contributed by atoms with Crippen LogP contribution in [0.2, 0.25) is 0 Å². The van der Waals surface area contributed by atoms with E-state index >= 15 is 0 Å². The van der Waals surface area contributed by atoms with Crippen LogP contribution in [0.25, 0.3) is 0 Å². The maximum Gasteiger partial charge on any atom is 0.238 e. The fraction of sp³-hybridized carbons (Fsp3) is 0.300. The van der Waals surface area contributed by atoms with E-state index in [1.54, 1.807) is 12.1 Å². The first-order chi connectivity index (χ1) is 12.4. The first-order valence-corrected chi connectivity index (χ1v) is 9.52. The number of nitrogens with one attached hydrogen (secondary N) is 1. The van der Waals surface area contributed by atoms with Gasteiger partial charge >= 0.3 is 0 Å². The Morgan fingerprint density at radius 3 is 2.77 bits per heavy atom. The molecule has 0 radical (unpaired) electrons. The van der Waals surface area contributed by atoms with Gasteiger partial charge in [0.25, 0.3) is 0 Å². The summed E-state index contributed by atoms with van der Waals surface area (Å²) in [7, 11) is 0. The van der Waals surface area contributed by atoms with Crippen molar-refractivity contribution in [1.82, 2.24) is 0 Å². The zero-order chi connectivity index (χ0) is 18.8. The second-order valence-corrected chi connectivity index (χ2v) is 7.72. The van der Waals surface area contributed by atoms with Crippen LogP contribution in [0.5, 0.6) is 0 Å². The molecule has 1 fully saturated rings. The predicted octanol–water partition coefficient (Wildman–Crippen LogP) is 4.51. The summed E-state index contributed by atoms with van der Waals surface area (Å²) in [4.78, 5) is 25.9. The maximum absolute atomic E-state index is 14.4. The summed E-state index contributed by atoms with van der Waals surface area (Å²) < 4.78 is 14.4. The van der Waals surface area contributed by atoms with Crippen LogP contribution in [0.1, 0.15) is 30.3 Å². The van der Waals surface area contributed by atoms with Crippen LogP contribution < -0.4 is 10.2 Å². The average Bonchev–Trinajstić information content (AvgIpc) is 2.98. The summed E-state index contributed by atoms with van der Waals surface area (Å²) in [6.45, 7) is 5.52. The molecule has 1 aliphatic rings. The molecule has 1 atom stereocenters. The van der Waals surface area contributed by atoms with Crippen molar-refractivity contribution in [3.8, 4) is 0 Å². The van der Waals surface area contributed by atoms with E-state index in [4.69, 9.17) is 0 Å². The van der Waals surface area contributed by atoms with E-state index in [0.29, 0.717) is 17.1 Å². The number of hydrogen-bond donors (Lipinski definition) is 1. The molecule has 3 rings (SSSR count). The molecule has 1 heterocycles. The van der Waals surface area contributed by atoms with Crippen LogP contribution in [0.3, 0.4) is 0 Å². The van der Waals surface area contributed by atoms with Gasteiger partial charge in [-0.1, -0.05) is 32.0 Å². The topological polar surface area (TPSA) is 49.4 Å². The molecule has 26 heavy (non-hydrogen) atoms. The van der Waals surface area contributed by atoms with Crippen LogP contribution in [-0.4, -0.2) is 17.6 Å². The molecule has 0 spiro atoms. The second-order valence-electron chi connectivity index (χ2n) is 6.65. The molecule has 0 bridgehead atoms. The van der Waals surface area contributed by atoms with Crippen molar-refractivity contribution in [2.75, 3.05) is 16.0 Å². The van der Waals surface area contributed by atoms with Crippen molar-refractivity contribution in [2.24, 2.45) is 5.92 Å². The third-order valence-electron chi connectivity index (χ3n) is 4.19. The highest BCUT2D eigenvalue weighted by atomic mass is 32.2. The third-order valence-corrected chi connectivity index (χ3v) is 5.41. The Morgan fingerprint density at radius 1 is 1.27 bits per heavy atom. The molecule has 4 nitrogen and oxygen atoms in total. The summed E-state index contributed by atoms with van der Waals surface area (Å²) in [6.07, 6.45) is 0. The first kappa shape index (κ1) is 18.5. The highest BCUT2D eigenvalue weighted by molar-refractivity contribution is 8.00. The minimum absolute atomic E-state index is 0.0705. The number of benzene rings is 2. The lowest BCUT2D eigenvalue weighted by Gasteiger charge is -2.25. The second kappa shape index (κ2) is 7.50. The standard InChI is InChI=1S/C20H21FN2O2S/c1-12(2)19(25)22-15-6-4-5-14(10-15)20-23(18(24)11-26-20)17-9-13(3)7-8-16(17)21/h4-10,12,20H,11H2,1-3H3,(H,22,25)/t20-/m1/s1. The molecule has 2 aromatic carbocycles. The van der Waals surface area contributed by atoms with Gasteiger partial charge in [-0.2, -0.15) is 0 Å². The van der Waals surface area contributed by atoms with E-state index in [1.807, 2.05) is 45.0 Å². The number of rotatable bonds is 4. The van der Waals surface area contributed by atoms with Crippen molar-refractivity contribution in [2.45, 2.75) is 26.1 Å². The first-order valence-electron chi connectivity index (χ1n) is 8.47. The van der Waals surface area contributed by atoms with E-state index in [-0.39, 0.29) is 23.1 Å². The van der Waals surface area contributed by atoms with E-state index in [0.717, 1.165) is 11.1 Å². The van der Waals surface area contributed by atoms with Crippen molar-refractivity contribution in [3.05, 3.63) is 59.4 Å². The van der Waals surface area contributed by atoms with Gasteiger partial charge in [-0.25, -0.2) is 4.39 Å². The molecule has 6 heteroatoms. The molecule has 0 aromatic heterocycles. The van der Waals surface area contributed by atoms with Crippen LogP contribution in [-0.2, 0) is 9.59 Å². The van der Waals surface area contributed by atoms with Crippen molar-refractivity contribution >= 4 is 35.0 Å². The van der Waals surface area contributed by atoms with E-state index in [9.17, 15) is 14.0 Å². The number of carbonyl (C=O) groups is 2. The zero-order valence-corrected chi connectivity index (χ0v) is 15.8. The highest BCUT2D eigenvalue weighted by Gasteiger charge is 2.35. The van der Waals surface area contributed by atoms with Gasteiger partial charge in [0.05, 0.1) is 11.4 Å². The molecule has 136 valence electrons. The largest absolute Gasteiger partial charge is 0.326 e. The van der Waals surface area contributed by atoms with Crippen molar-refractivity contribution < 1.29 is 14.0 Å². The summed E-state index contributed by atoms with van der Waals surface area (Å²) >= 11 is 1.45. The molecule has 0 aliphatic carbocycles. The Morgan fingerprint density at radius 2 is 2.04 bits per heavy atom. The number of hydrogen-bond acceptors (Lipinski definition) is 3. The third kappa shape index (κ3) is 3.75. The number of aryl methyl sites for hydroxylation is 1. The minimum Gasteiger partial charge on any atom is -0.326 e. The van der Waals surface area contributed by atoms with Gasteiger partial charge in [-0.15, -0.1) is 11.8 Å². The Balaban J connectivity index is 1.94. The van der Waals surface area contributed by atoms with Gasteiger partial charge in [0.2, 0.25) is 11.8 Å². The van der Waals surface area contributed by atoms with Gasteiger partial charge in [-0.05, 0) is 42.3 Å². The molecule has 0 saturated carbocycles. The molecule has 1 N–H and O–H groups in total. The zero-order valence-electron chi connectivity index (χ0n) is 15.0. The monoisotopic (exact) mass is 372 g/mol. The van der Waals surface area contributed by atoms with E-state index in [1.165, 1.54) is 22.7 Å². The van der Waals surface area contributed by atoms with Gasteiger partial charge in [-0.3, -0.25) is 14.5 Å². The average molecular weight is 372 g/mol. The number of halogens is 1. The van der Waals surface area contributed by atoms with Gasteiger partial charge in [0.1, 0.15) is 11.2 Å². The van der Waals surface area contributed by atoms with Gasteiger partial charge in [0, 0.05) is 11.6 Å². The number of amides is 2. The number of carbonyl (C=O) groups excluding carboxylic acids is 2. The molecule has 2 amide bonds. The Bertz CT molecular complexity index is 853. The highest BCUT2D eigenvalue weighted by Crippen LogP contribution is 2.43. The lowest BCUT2D eigenvalue weighted by molar-refractivity contribution is -0.119. The lowest BCUT2D eigenvalue weighted by Crippen LogP contribution is -2.29. The minimum atomic E-state index is -0.416. The summed E-state index contributed by atoms with van der Waals surface area (Å²) in [5.41, 5.74) is 2.71. The lowest BCUT2D eigenvalue weighted by atomic mass is 10.1. The van der Waals surface area contributed by atoms with Crippen LogP contribution >= 0.6 is 11.8 Å². The van der Waals surface area contributed by atoms with Gasteiger partial charge in [0.15, 0.2) is 0 Å². The molecule has 1 saturated heterocycles. The molecular weight excluding hydrogens is 351 g/mol. The Kier molecular flexibility index (Phi) is 5.32. The van der Waals surface area contributed by atoms with E-state index < -0.39 is 5.82 Å². The van der Waals surface area contributed by atoms with Crippen LogP contribution in [0.4, 0.5) is 15.8 Å². The Hall–Kier alpha value is -2.34. The molecular formula is C20H21FN2O2S. The normalized spacial score (nSPS) is 17.0. The number of thioether (sulfide) groups is 1. The van der Waals surface area contributed by atoms with Gasteiger partial charge < -0.3 is 5.32 Å².